The van der Waals surface area contributed by atoms with Gasteiger partial charge in [0.15, 0.2) is 17.3 Å². The summed E-state index contributed by atoms with van der Waals surface area (Å²) >= 11 is 1.19. The highest BCUT2D eigenvalue weighted by molar-refractivity contribution is 8.02. The van der Waals surface area contributed by atoms with Crippen molar-refractivity contribution in [2.75, 3.05) is 92.3 Å². The second kappa shape index (κ2) is 32.8. The molecule has 6 aromatic rings. The van der Waals surface area contributed by atoms with Crippen molar-refractivity contribution in [3.8, 4) is 40.2 Å². The van der Waals surface area contributed by atoms with Crippen LogP contribution in [0, 0.1) is 34.6 Å². The minimum atomic E-state index is -0.793. The average molecular weight is 1330 g/mol. The molecule has 13 aliphatic heterocycles. The van der Waals surface area contributed by atoms with E-state index in [9.17, 15) is 24.0 Å². The molecule has 0 saturated carbocycles. The second-order valence-electron chi connectivity index (χ2n) is 26.0. The van der Waals surface area contributed by atoms with E-state index < -0.39 is 16.4 Å². The zero-order chi connectivity index (χ0) is 67.2. The monoisotopic (exact) mass is 1330 g/mol. The Labute approximate surface area is 569 Å². The van der Waals surface area contributed by atoms with Crippen LogP contribution in [0.1, 0.15) is 160 Å². The molecule has 21 rings (SSSR count). The molecule has 4 amide bonds. The van der Waals surface area contributed by atoms with Gasteiger partial charge in [-0.25, -0.2) is 0 Å². The maximum absolute atomic E-state index is 14.6. The molecular formula is C78H93N3O14S. The first-order valence-corrected chi connectivity index (χ1v) is 35.4. The topological polar surface area (TPSA) is 196 Å². The zero-order valence-corrected chi connectivity index (χ0v) is 57.8. The Morgan fingerprint density at radius 1 is 0.479 bits per heavy atom. The van der Waals surface area contributed by atoms with Gasteiger partial charge in [-0.3, -0.25) is 28.9 Å². The molecule has 18 heteroatoms. The third-order valence-electron chi connectivity index (χ3n) is 18.7. The van der Waals surface area contributed by atoms with Crippen LogP contribution < -0.4 is 43.8 Å². The number of nitrogens with one attached hydrogen (secondary N) is 2. The van der Waals surface area contributed by atoms with Crippen LogP contribution in [-0.4, -0.2) is 137 Å². The molecule has 6 aromatic carbocycles. The lowest BCUT2D eigenvalue weighted by atomic mass is 9.92. The lowest BCUT2D eigenvalue weighted by Crippen LogP contribution is -2.37. The molecule has 2 aliphatic carbocycles. The molecule has 2 N–H and O–H groups in total. The maximum atomic E-state index is 14.6. The fraction of sp³-hybridized carbons (Fsp3) is 0.474. The number of aryl methyl sites for hydroxylation is 5. The molecule has 2 unspecified atom stereocenters. The third-order valence-corrected chi connectivity index (χ3v) is 20.2. The fourth-order valence-electron chi connectivity index (χ4n) is 13.5. The number of ketones is 1. The standard InChI is InChI=1S/C78H93N3O14S/c1-8-10-11-13-75(83)79-15-18-87-20-21-88-19-16-80-76(84)14-17-81-77(85)46-74(78(81)86)96-73(12-9-2)65(82)47-95-72-45-64-38-62-43-70-51(6)31-56(62)36-61-42-68-52(7)32-57(61)37-63(64)44-71(72)94-27-26-93-69-41-60-35-54-29-49(4)67(90-24-25-92-70)39-58(54)33-53-28-48(3)66(89-22-23-91-68)40-59(53)34-55(60)30-50(69)5/h28-32,39-45,73-74H,8-27,33-38,46-47H2,1-7H3,(H,79,83)(H,80,84). The number of thioether (sulfide) groups is 1. The van der Waals surface area contributed by atoms with E-state index >= 15 is 0 Å². The van der Waals surface area contributed by atoms with Crippen LogP contribution in [0.4, 0.5) is 0 Å². The van der Waals surface area contributed by atoms with E-state index in [1.54, 1.807) is 0 Å². The summed E-state index contributed by atoms with van der Waals surface area (Å²) in [6.45, 7) is 17.9. The summed E-state index contributed by atoms with van der Waals surface area (Å²) in [4.78, 5) is 67.9. The smallest absolute Gasteiger partial charge is 0.242 e. The number of hydrogen-bond acceptors (Lipinski definition) is 15. The van der Waals surface area contributed by atoms with Crippen LogP contribution in [0.2, 0.25) is 0 Å². The molecule has 1 fully saturated rings. The van der Waals surface area contributed by atoms with Crippen molar-refractivity contribution in [3.05, 3.63) is 167 Å². The number of ether oxygens (including phenoxy) is 9. The van der Waals surface area contributed by atoms with Gasteiger partial charge in [-0.15, -0.1) is 11.8 Å². The van der Waals surface area contributed by atoms with Gasteiger partial charge in [-0.2, -0.15) is 0 Å². The van der Waals surface area contributed by atoms with Crippen LogP contribution in [0.15, 0.2) is 72.8 Å². The summed E-state index contributed by atoms with van der Waals surface area (Å²) in [5, 5.41) is 4.19. The van der Waals surface area contributed by atoms with Gasteiger partial charge in [0.25, 0.3) is 0 Å². The number of likely N-dealkylation sites (tertiary alicyclic amines) is 1. The first-order valence-electron chi connectivity index (χ1n) is 34.5. The molecule has 0 aromatic heterocycles. The van der Waals surface area contributed by atoms with Gasteiger partial charge >= 0.3 is 0 Å². The van der Waals surface area contributed by atoms with Crippen molar-refractivity contribution < 1.29 is 66.6 Å². The Balaban J connectivity index is 0.831. The number of hydrogen-bond donors (Lipinski definition) is 2. The number of nitrogens with zero attached hydrogens (tertiary/aromatic N) is 1. The second-order valence-corrected chi connectivity index (χ2v) is 27.4. The highest BCUT2D eigenvalue weighted by Crippen LogP contribution is 2.41. The molecule has 15 aliphatic rings. The number of carbonyl (C=O) groups excluding carboxylic acids is 5. The first kappa shape index (κ1) is 69.3. The lowest BCUT2D eigenvalue weighted by Gasteiger charge is -2.21. The van der Waals surface area contributed by atoms with Crippen molar-refractivity contribution in [2.24, 2.45) is 0 Å². The fourth-order valence-corrected chi connectivity index (χ4v) is 15.0. The Bertz CT molecular complexity index is 3830. The van der Waals surface area contributed by atoms with E-state index in [2.05, 4.69) is 119 Å². The van der Waals surface area contributed by atoms with Crippen molar-refractivity contribution >= 4 is 41.2 Å². The van der Waals surface area contributed by atoms with Crippen LogP contribution in [-0.2, 0) is 72.0 Å². The number of amides is 4. The quantitative estimate of drug-likeness (QED) is 0.0428. The zero-order valence-electron chi connectivity index (χ0n) is 57.0. The van der Waals surface area contributed by atoms with Gasteiger partial charge in [0.2, 0.25) is 23.6 Å². The summed E-state index contributed by atoms with van der Waals surface area (Å²) in [6, 6.07) is 26.4. The SMILES string of the molecule is CCCCCC(=O)NCCOCCOCCNC(=O)CCN1C(=O)CC(SC(CCC)C(=O)COc2cc3c4cc2OCCOc2cc5c(cc2C)Cc2cc6c(C)cc2Cc2cc(c(C)cc2C5)OCCOc2cc(c(cc2C)Cc2cc(c(C)cc2C4)OCCO6)C3)C1=O. The molecule has 18 bridgehead atoms. The van der Waals surface area contributed by atoms with E-state index in [1.165, 1.54) is 45.1 Å². The Hall–Kier alpha value is -8.06. The minimum absolute atomic E-state index is 0.0274. The average Bonchev–Trinajstić information content (AvgIpc) is 1.17. The molecule has 1 saturated heterocycles. The molecular weight excluding hydrogens is 1230 g/mol. The van der Waals surface area contributed by atoms with E-state index in [0.717, 1.165) is 121 Å². The van der Waals surface area contributed by atoms with E-state index in [4.69, 9.17) is 42.6 Å². The summed E-state index contributed by atoms with van der Waals surface area (Å²) in [5.74, 6) is 3.56. The molecule has 0 radical (unpaired) electrons. The molecule has 13 heterocycles. The molecule has 17 nitrogen and oxygen atoms in total. The van der Waals surface area contributed by atoms with Gasteiger partial charge in [-0.05, 0) is 223 Å². The highest BCUT2D eigenvalue weighted by Gasteiger charge is 2.41. The first-order chi connectivity index (χ1) is 46.6. The lowest BCUT2D eigenvalue weighted by molar-refractivity contribution is -0.138. The normalized spacial score (nSPS) is 15.9. The molecule has 0 spiro atoms. The maximum Gasteiger partial charge on any atom is 0.242 e. The van der Waals surface area contributed by atoms with Gasteiger partial charge in [0.05, 0.1) is 36.9 Å². The molecule has 2 atom stereocenters. The number of benzene rings is 6. The van der Waals surface area contributed by atoms with Gasteiger partial charge in [0, 0.05) is 38.9 Å². The van der Waals surface area contributed by atoms with Gasteiger partial charge < -0.3 is 53.3 Å². The Morgan fingerprint density at radius 2 is 0.844 bits per heavy atom. The largest absolute Gasteiger partial charge is 0.490 e. The van der Waals surface area contributed by atoms with Crippen LogP contribution in [0.25, 0.3) is 0 Å². The van der Waals surface area contributed by atoms with Crippen molar-refractivity contribution in [2.45, 2.75) is 149 Å². The number of imide groups is 1. The van der Waals surface area contributed by atoms with E-state index in [1.807, 2.05) is 13.0 Å². The van der Waals surface area contributed by atoms with Crippen LogP contribution in [0.3, 0.4) is 0 Å². The predicted octanol–water partition coefficient (Wildman–Crippen LogP) is 11.6. The highest BCUT2D eigenvalue weighted by atomic mass is 32.2. The Kier molecular flexibility index (Phi) is 23.7. The summed E-state index contributed by atoms with van der Waals surface area (Å²) in [7, 11) is 0. The summed E-state index contributed by atoms with van der Waals surface area (Å²) in [5.41, 5.74) is 18.9. The summed E-state index contributed by atoms with van der Waals surface area (Å²) in [6.07, 6.45) is 8.30. The Morgan fingerprint density at radius 3 is 1.24 bits per heavy atom. The minimum Gasteiger partial charge on any atom is -0.490 e. The predicted molar refractivity (Wildman–Crippen MR) is 370 cm³/mol. The van der Waals surface area contributed by atoms with Crippen LogP contribution >= 0.6 is 11.8 Å². The van der Waals surface area contributed by atoms with Crippen molar-refractivity contribution in [3.63, 3.8) is 0 Å². The van der Waals surface area contributed by atoms with Crippen molar-refractivity contribution in [1.82, 2.24) is 15.5 Å². The molecule has 510 valence electrons. The van der Waals surface area contributed by atoms with E-state index in [0.29, 0.717) is 116 Å². The third kappa shape index (κ3) is 17.6. The number of Topliss-reactive ketones (excluding diaryl/α,β-unsaturated/α-hetero) is 1. The van der Waals surface area contributed by atoms with Crippen LogP contribution in [0.5, 0.6) is 40.2 Å². The summed E-state index contributed by atoms with van der Waals surface area (Å²) < 4.78 is 58.0. The number of carbonyl (C=O) groups is 5. The molecule has 96 heavy (non-hydrogen) atoms. The van der Waals surface area contributed by atoms with Crippen molar-refractivity contribution in [1.29, 1.82) is 0 Å². The number of unbranched alkanes of at least 4 members (excludes halogenated alkanes) is 2. The number of rotatable bonds is 24. The van der Waals surface area contributed by atoms with Gasteiger partial charge in [0.1, 0.15) is 75.0 Å². The van der Waals surface area contributed by atoms with E-state index in [-0.39, 0.29) is 75.9 Å². The van der Waals surface area contributed by atoms with Gasteiger partial charge in [-0.1, -0.05) is 63.4 Å².